The maximum absolute atomic E-state index is 13.2. The molecule has 0 aliphatic carbocycles. The van der Waals surface area contributed by atoms with Gasteiger partial charge in [0.1, 0.15) is 18.2 Å². The number of amides is 1. The molecule has 3 heterocycles. The molecule has 1 amide bonds. The molecule has 42 heavy (non-hydrogen) atoms. The number of carbonyl (C=O) groups excluding carboxylic acids is 1. The number of aryl methyl sites for hydroxylation is 1. The van der Waals surface area contributed by atoms with Gasteiger partial charge < -0.3 is 20.7 Å². The molecule has 6 rings (SSSR count). The third kappa shape index (κ3) is 6.64. The minimum absolute atomic E-state index is 0.245. The molecule has 1 aliphatic rings. The first-order valence-electron chi connectivity index (χ1n) is 14.2. The highest BCUT2D eigenvalue weighted by Crippen LogP contribution is 2.26. The number of aromatic nitrogens is 3. The van der Waals surface area contributed by atoms with Crippen LogP contribution in [0.15, 0.2) is 91.4 Å². The molecule has 9 nitrogen and oxygen atoms in total. The lowest BCUT2D eigenvalue weighted by Gasteiger charge is -2.15. The van der Waals surface area contributed by atoms with Gasteiger partial charge in [0.15, 0.2) is 0 Å². The van der Waals surface area contributed by atoms with E-state index in [2.05, 4.69) is 35.8 Å². The summed E-state index contributed by atoms with van der Waals surface area (Å²) < 4.78 is 5.94. The molecule has 9 heteroatoms. The van der Waals surface area contributed by atoms with Crippen molar-refractivity contribution in [1.82, 2.24) is 19.9 Å². The van der Waals surface area contributed by atoms with Gasteiger partial charge in [-0.25, -0.2) is 15.0 Å². The fraction of sp³-hybridized carbons (Fsp3) is 0.212. The Morgan fingerprint density at radius 2 is 1.67 bits per heavy atom. The lowest BCUT2D eigenvalue weighted by molar-refractivity contribution is 0.102. The Kier molecular flexibility index (Phi) is 8.19. The fourth-order valence-electron chi connectivity index (χ4n) is 5.05. The van der Waals surface area contributed by atoms with E-state index in [9.17, 15) is 4.79 Å². The van der Waals surface area contributed by atoms with Crippen molar-refractivity contribution in [1.29, 1.82) is 0 Å². The molecule has 1 fully saturated rings. The van der Waals surface area contributed by atoms with Gasteiger partial charge in [-0.1, -0.05) is 36.4 Å². The molecular formula is C33H33N7O2. The molecule has 1 saturated heterocycles. The molecule has 0 radical (unpaired) electrons. The molecule has 0 saturated carbocycles. The van der Waals surface area contributed by atoms with Crippen molar-refractivity contribution in [3.63, 3.8) is 0 Å². The smallest absolute Gasteiger partial charge is 0.256 e. The first-order valence-corrected chi connectivity index (χ1v) is 14.2. The van der Waals surface area contributed by atoms with E-state index in [0.717, 1.165) is 58.9 Å². The Bertz CT molecular complexity index is 1680. The van der Waals surface area contributed by atoms with Gasteiger partial charge in [-0.15, -0.1) is 0 Å². The first-order chi connectivity index (χ1) is 20.6. The first kappa shape index (κ1) is 27.2. The number of rotatable bonds is 10. The number of ether oxygens (including phenoxy) is 1. The predicted molar refractivity (Wildman–Crippen MR) is 167 cm³/mol. The van der Waals surface area contributed by atoms with Crippen LogP contribution in [0.25, 0.3) is 10.8 Å². The van der Waals surface area contributed by atoms with Gasteiger partial charge in [-0.05, 0) is 74.1 Å². The molecular weight excluding hydrogens is 526 g/mol. The van der Waals surface area contributed by atoms with E-state index >= 15 is 0 Å². The Morgan fingerprint density at radius 3 is 2.52 bits per heavy atom. The van der Waals surface area contributed by atoms with Crippen molar-refractivity contribution in [2.24, 2.45) is 0 Å². The highest BCUT2D eigenvalue weighted by molar-refractivity contribution is 6.06. The number of nitrogens with one attached hydrogen (secondary N) is 3. The predicted octanol–water partition coefficient (Wildman–Crippen LogP) is 6.55. The van der Waals surface area contributed by atoms with Crippen LogP contribution in [-0.2, 0) is 0 Å². The number of carbonyl (C=O) groups is 1. The quantitative estimate of drug-likeness (QED) is 0.177. The van der Waals surface area contributed by atoms with Crippen molar-refractivity contribution in [3.8, 4) is 5.75 Å². The van der Waals surface area contributed by atoms with Crippen LogP contribution in [0.1, 0.15) is 28.8 Å². The third-order valence-corrected chi connectivity index (χ3v) is 7.29. The zero-order chi connectivity index (χ0) is 28.7. The number of benzene rings is 3. The lowest BCUT2D eigenvalue weighted by Crippen LogP contribution is -2.25. The van der Waals surface area contributed by atoms with Crippen LogP contribution >= 0.6 is 0 Å². The molecule has 2 aromatic heterocycles. The molecule has 0 bridgehead atoms. The Balaban J connectivity index is 1.07. The van der Waals surface area contributed by atoms with Crippen LogP contribution < -0.4 is 20.7 Å². The monoisotopic (exact) mass is 559 g/mol. The van der Waals surface area contributed by atoms with Crippen molar-refractivity contribution >= 4 is 45.5 Å². The maximum atomic E-state index is 13.2. The summed E-state index contributed by atoms with van der Waals surface area (Å²) in [5.74, 6) is 1.71. The number of hydrogen-bond acceptors (Lipinski definition) is 8. The van der Waals surface area contributed by atoms with Gasteiger partial charge in [0.05, 0.1) is 18.1 Å². The van der Waals surface area contributed by atoms with Crippen LogP contribution in [0, 0.1) is 6.92 Å². The van der Waals surface area contributed by atoms with Gasteiger partial charge in [-0.3, -0.25) is 9.69 Å². The van der Waals surface area contributed by atoms with Crippen LogP contribution in [0.3, 0.4) is 0 Å². The second kappa shape index (κ2) is 12.7. The summed E-state index contributed by atoms with van der Waals surface area (Å²) >= 11 is 0. The normalized spacial score (nSPS) is 13.2. The summed E-state index contributed by atoms with van der Waals surface area (Å²) in [6.45, 7) is 5.82. The third-order valence-electron chi connectivity index (χ3n) is 7.29. The molecule has 0 atom stereocenters. The Hall–Kier alpha value is -5.02. The molecule has 3 aromatic carbocycles. The van der Waals surface area contributed by atoms with Crippen molar-refractivity contribution in [3.05, 3.63) is 103 Å². The largest absolute Gasteiger partial charge is 0.492 e. The number of anilines is 5. The van der Waals surface area contributed by atoms with E-state index in [4.69, 9.17) is 4.74 Å². The number of fused-ring (bicyclic) bond motifs is 1. The Labute approximate surface area is 245 Å². The van der Waals surface area contributed by atoms with Gasteiger partial charge in [-0.2, -0.15) is 0 Å². The summed E-state index contributed by atoms with van der Waals surface area (Å²) in [4.78, 5) is 28.9. The van der Waals surface area contributed by atoms with E-state index < -0.39 is 0 Å². The average molecular weight is 560 g/mol. The van der Waals surface area contributed by atoms with Crippen molar-refractivity contribution in [2.45, 2.75) is 19.8 Å². The van der Waals surface area contributed by atoms with Crippen LogP contribution in [0.4, 0.5) is 28.8 Å². The van der Waals surface area contributed by atoms with Gasteiger partial charge in [0, 0.05) is 41.1 Å². The summed E-state index contributed by atoms with van der Waals surface area (Å²) in [5, 5.41) is 11.6. The maximum Gasteiger partial charge on any atom is 0.256 e. The molecule has 1 aliphatic heterocycles. The molecule has 0 spiro atoms. The minimum atomic E-state index is -0.245. The van der Waals surface area contributed by atoms with Gasteiger partial charge >= 0.3 is 0 Å². The van der Waals surface area contributed by atoms with E-state index in [1.807, 2.05) is 79.7 Å². The number of nitrogens with zero attached hydrogens (tertiary/aromatic N) is 4. The number of hydrogen-bond donors (Lipinski definition) is 3. The summed E-state index contributed by atoms with van der Waals surface area (Å²) in [6, 6.07) is 23.4. The zero-order valence-electron chi connectivity index (χ0n) is 23.5. The molecule has 212 valence electrons. The van der Waals surface area contributed by atoms with Gasteiger partial charge in [0.2, 0.25) is 5.95 Å². The minimum Gasteiger partial charge on any atom is -0.492 e. The van der Waals surface area contributed by atoms with Crippen LogP contribution in [0.2, 0.25) is 0 Å². The standard InChI is InChI=1S/C33H33N7O2/c1-23-11-12-26(37-31-29-10-3-2-7-24(29)13-14-34-31)20-30(23)32(41)38-27-21-35-33(36-22-27)39-25-8-6-9-28(19-25)42-18-17-40-15-4-5-16-40/h2-3,6-14,19-22H,4-5,15-18H2,1H3,(H,34,37)(H,38,41)(H,35,36,39). The van der Waals surface area contributed by atoms with E-state index in [1.165, 1.54) is 12.8 Å². The molecule has 5 aromatic rings. The van der Waals surface area contributed by atoms with Crippen molar-refractivity contribution in [2.75, 3.05) is 42.2 Å². The molecule has 0 unspecified atom stereocenters. The molecule has 3 N–H and O–H groups in total. The average Bonchev–Trinajstić information content (AvgIpc) is 3.53. The zero-order valence-corrected chi connectivity index (χ0v) is 23.5. The Morgan fingerprint density at radius 1 is 0.857 bits per heavy atom. The summed E-state index contributed by atoms with van der Waals surface area (Å²) in [5.41, 5.74) is 3.49. The number of pyridine rings is 1. The van der Waals surface area contributed by atoms with E-state index in [0.29, 0.717) is 23.8 Å². The van der Waals surface area contributed by atoms with Crippen LogP contribution in [0.5, 0.6) is 5.75 Å². The van der Waals surface area contributed by atoms with E-state index in [-0.39, 0.29) is 5.91 Å². The second-order valence-corrected chi connectivity index (χ2v) is 10.3. The summed E-state index contributed by atoms with van der Waals surface area (Å²) in [7, 11) is 0. The SMILES string of the molecule is Cc1ccc(Nc2nccc3ccccc23)cc1C(=O)Nc1cnc(Nc2cccc(OCCN3CCCC3)c2)nc1. The topological polar surface area (TPSA) is 104 Å². The van der Waals surface area contributed by atoms with Crippen molar-refractivity contribution < 1.29 is 9.53 Å². The lowest BCUT2D eigenvalue weighted by atomic mass is 10.1. The van der Waals surface area contributed by atoms with E-state index in [1.54, 1.807) is 18.6 Å². The van der Waals surface area contributed by atoms with Crippen LogP contribution in [-0.4, -0.2) is 52.0 Å². The highest BCUT2D eigenvalue weighted by Gasteiger charge is 2.13. The summed E-state index contributed by atoms with van der Waals surface area (Å²) in [6.07, 6.45) is 7.49. The fourth-order valence-corrected chi connectivity index (χ4v) is 5.05. The van der Waals surface area contributed by atoms with Gasteiger partial charge in [0.25, 0.3) is 5.91 Å². The number of likely N-dealkylation sites (tertiary alicyclic amines) is 1. The highest BCUT2D eigenvalue weighted by atomic mass is 16.5. The second-order valence-electron chi connectivity index (χ2n) is 10.3.